The number of hydrogen-bond donors (Lipinski definition) is 1. The van der Waals surface area contributed by atoms with Crippen molar-refractivity contribution in [3.63, 3.8) is 0 Å². The minimum atomic E-state index is 0.0666. The van der Waals surface area contributed by atoms with Crippen molar-refractivity contribution in [2.24, 2.45) is 0 Å². The lowest BCUT2D eigenvalue weighted by molar-refractivity contribution is -0.129. The van der Waals surface area contributed by atoms with E-state index in [1.165, 1.54) is 6.42 Å². The molecule has 0 spiro atoms. The average Bonchev–Trinajstić information content (AvgIpc) is 3.19. The highest BCUT2D eigenvalue weighted by Gasteiger charge is 2.33. The zero-order chi connectivity index (χ0) is 20.0. The first-order valence-electron chi connectivity index (χ1n) is 9.92. The minimum absolute atomic E-state index is 0.0666. The molecule has 0 unspecified atom stereocenters. The molecule has 29 heavy (non-hydrogen) atoms. The number of fused-ring (bicyclic) bond motifs is 1. The van der Waals surface area contributed by atoms with Crippen LogP contribution in [0.2, 0.25) is 5.02 Å². The van der Waals surface area contributed by atoms with E-state index in [0.29, 0.717) is 29.9 Å². The second-order valence-corrected chi connectivity index (χ2v) is 8.17. The number of rotatable bonds is 3. The molecule has 0 radical (unpaired) electrons. The van der Waals surface area contributed by atoms with Crippen molar-refractivity contribution in [1.82, 2.24) is 30.5 Å². The largest absolute Gasteiger partial charge is 0.338 e. The summed E-state index contributed by atoms with van der Waals surface area (Å²) in [4.78, 5) is 19.1. The molecule has 2 aliphatic rings. The molecule has 0 saturated heterocycles. The summed E-state index contributed by atoms with van der Waals surface area (Å²) in [5, 5.41) is 15.6. The van der Waals surface area contributed by atoms with E-state index < -0.39 is 0 Å². The Kier molecular flexibility index (Phi) is 4.54. The zero-order valence-corrected chi connectivity index (χ0v) is 16.9. The number of aromatic nitrogens is 5. The second kappa shape index (κ2) is 7.22. The SMILES string of the molecule is CC(=O)N1CCc2nc(C3CCC3)c(-c3nn[nH]n3)c(-c3cccc(Cl)c3)c2C1. The highest BCUT2D eigenvalue weighted by molar-refractivity contribution is 6.30. The van der Waals surface area contributed by atoms with E-state index in [1.54, 1.807) is 6.92 Å². The fraction of sp³-hybridized carbons (Fsp3) is 0.381. The van der Waals surface area contributed by atoms with Crippen molar-refractivity contribution in [3.05, 3.63) is 46.2 Å². The summed E-state index contributed by atoms with van der Waals surface area (Å²) >= 11 is 6.35. The van der Waals surface area contributed by atoms with E-state index >= 15 is 0 Å². The van der Waals surface area contributed by atoms with Gasteiger partial charge >= 0.3 is 0 Å². The van der Waals surface area contributed by atoms with Crippen LogP contribution in [0.5, 0.6) is 0 Å². The molecule has 1 fully saturated rings. The third kappa shape index (κ3) is 3.19. The summed E-state index contributed by atoms with van der Waals surface area (Å²) in [5.41, 5.74) is 6.08. The summed E-state index contributed by atoms with van der Waals surface area (Å²) in [6.07, 6.45) is 4.19. The summed E-state index contributed by atoms with van der Waals surface area (Å²) in [7, 11) is 0. The first-order valence-corrected chi connectivity index (χ1v) is 10.3. The van der Waals surface area contributed by atoms with E-state index in [-0.39, 0.29) is 5.91 Å². The van der Waals surface area contributed by atoms with Gasteiger partial charge in [0.1, 0.15) is 0 Å². The van der Waals surface area contributed by atoms with E-state index in [0.717, 1.165) is 52.9 Å². The van der Waals surface area contributed by atoms with Gasteiger partial charge in [-0.2, -0.15) is 5.21 Å². The topological polar surface area (TPSA) is 87.7 Å². The van der Waals surface area contributed by atoms with Gasteiger partial charge in [0, 0.05) is 54.2 Å². The Labute approximate surface area is 173 Å². The van der Waals surface area contributed by atoms with E-state index in [4.69, 9.17) is 16.6 Å². The first kappa shape index (κ1) is 18.2. The number of halogens is 1. The number of amides is 1. The predicted octanol–water partition coefficient (Wildman–Crippen LogP) is 3.75. The van der Waals surface area contributed by atoms with Crippen molar-refractivity contribution < 1.29 is 4.79 Å². The quantitative estimate of drug-likeness (QED) is 0.713. The smallest absolute Gasteiger partial charge is 0.219 e. The lowest BCUT2D eigenvalue weighted by atomic mass is 9.78. The maximum absolute atomic E-state index is 12.1. The van der Waals surface area contributed by atoms with Crippen LogP contribution in [-0.4, -0.2) is 43.0 Å². The molecule has 1 N–H and O–H groups in total. The molecule has 5 rings (SSSR count). The van der Waals surface area contributed by atoms with Crippen molar-refractivity contribution in [1.29, 1.82) is 0 Å². The van der Waals surface area contributed by atoms with Crippen LogP contribution in [0.25, 0.3) is 22.5 Å². The van der Waals surface area contributed by atoms with E-state index in [1.807, 2.05) is 29.2 Å². The van der Waals surface area contributed by atoms with Gasteiger partial charge in [0.2, 0.25) is 11.7 Å². The van der Waals surface area contributed by atoms with Crippen LogP contribution in [0.1, 0.15) is 49.1 Å². The number of tetrazole rings is 1. The molecule has 1 aromatic carbocycles. The van der Waals surface area contributed by atoms with Gasteiger partial charge in [-0.3, -0.25) is 9.78 Å². The third-order valence-electron chi connectivity index (χ3n) is 6.00. The van der Waals surface area contributed by atoms with Crippen LogP contribution in [-0.2, 0) is 17.8 Å². The molecule has 0 bridgehead atoms. The lowest BCUT2D eigenvalue weighted by Gasteiger charge is -2.33. The maximum atomic E-state index is 12.1. The van der Waals surface area contributed by atoms with Gasteiger partial charge in [-0.05, 0) is 35.8 Å². The number of pyridine rings is 1. The van der Waals surface area contributed by atoms with Gasteiger partial charge < -0.3 is 4.90 Å². The van der Waals surface area contributed by atoms with Gasteiger partial charge in [0.05, 0.1) is 11.3 Å². The molecule has 148 valence electrons. The monoisotopic (exact) mass is 408 g/mol. The van der Waals surface area contributed by atoms with Crippen LogP contribution in [0.4, 0.5) is 0 Å². The normalized spacial score (nSPS) is 16.4. The standard InChI is InChI=1S/C21H21ClN6O/c1-12(29)28-9-8-17-16(11-28)18(14-6-3-7-15(22)10-14)19(21-24-26-27-25-21)20(23-17)13-4-2-5-13/h3,6-7,10,13H,2,4-5,8-9,11H2,1H3,(H,24,25,26,27). The highest BCUT2D eigenvalue weighted by Crippen LogP contribution is 2.46. The summed E-state index contributed by atoms with van der Waals surface area (Å²) in [5.74, 6) is 1.01. The van der Waals surface area contributed by atoms with Gasteiger partial charge in [0.15, 0.2) is 0 Å². The van der Waals surface area contributed by atoms with Crippen LogP contribution in [0.15, 0.2) is 24.3 Å². The lowest BCUT2D eigenvalue weighted by Crippen LogP contribution is -2.35. The fourth-order valence-electron chi connectivity index (χ4n) is 4.28. The summed E-state index contributed by atoms with van der Waals surface area (Å²) in [6.45, 7) is 2.83. The Hall–Kier alpha value is -2.80. The first-order chi connectivity index (χ1) is 14.1. The summed E-state index contributed by atoms with van der Waals surface area (Å²) < 4.78 is 0. The molecule has 7 nitrogen and oxygen atoms in total. The number of carbonyl (C=O) groups is 1. The Morgan fingerprint density at radius 2 is 2.14 bits per heavy atom. The molecule has 1 aliphatic heterocycles. The molecule has 1 aliphatic carbocycles. The van der Waals surface area contributed by atoms with Gasteiger partial charge in [-0.15, -0.1) is 10.2 Å². The zero-order valence-electron chi connectivity index (χ0n) is 16.2. The number of carbonyl (C=O) groups excluding carboxylic acids is 1. The van der Waals surface area contributed by atoms with Gasteiger partial charge in [0.25, 0.3) is 0 Å². The Bertz CT molecular complexity index is 1080. The number of hydrogen-bond acceptors (Lipinski definition) is 5. The number of nitrogens with zero attached hydrogens (tertiary/aromatic N) is 5. The number of benzene rings is 1. The average molecular weight is 409 g/mol. The fourth-order valence-corrected chi connectivity index (χ4v) is 4.47. The van der Waals surface area contributed by atoms with Crippen LogP contribution >= 0.6 is 11.6 Å². The highest BCUT2D eigenvalue weighted by atomic mass is 35.5. The Morgan fingerprint density at radius 3 is 2.79 bits per heavy atom. The van der Waals surface area contributed by atoms with Crippen LogP contribution in [0.3, 0.4) is 0 Å². The predicted molar refractivity (Wildman–Crippen MR) is 109 cm³/mol. The molecule has 3 heterocycles. The molecule has 8 heteroatoms. The molecule has 1 amide bonds. The number of H-pyrrole nitrogens is 1. The Morgan fingerprint density at radius 1 is 1.28 bits per heavy atom. The van der Waals surface area contributed by atoms with E-state index in [2.05, 4.69) is 20.6 Å². The van der Waals surface area contributed by atoms with E-state index in [9.17, 15) is 4.79 Å². The van der Waals surface area contributed by atoms with Crippen molar-refractivity contribution >= 4 is 17.5 Å². The molecule has 2 aromatic heterocycles. The van der Waals surface area contributed by atoms with Crippen molar-refractivity contribution in [2.75, 3.05) is 6.54 Å². The Balaban J connectivity index is 1.81. The van der Waals surface area contributed by atoms with Crippen LogP contribution < -0.4 is 0 Å². The second-order valence-electron chi connectivity index (χ2n) is 7.74. The minimum Gasteiger partial charge on any atom is -0.338 e. The number of aromatic amines is 1. The molecular formula is C21H21ClN6O. The molecule has 0 atom stereocenters. The molecular weight excluding hydrogens is 388 g/mol. The van der Waals surface area contributed by atoms with Crippen molar-refractivity contribution in [2.45, 2.75) is 45.1 Å². The molecule has 3 aromatic rings. The molecule has 1 saturated carbocycles. The van der Waals surface area contributed by atoms with Crippen molar-refractivity contribution in [3.8, 4) is 22.5 Å². The van der Waals surface area contributed by atoms with Gasteiger partial charge in [-0.25, -0.2) is 0 Å². The van der Waals surface area contributed by atoms with Gasteiger partial charge in [-0.1, -0.05) is 30.2 Å². The summed E-state index contributed by atoms with van der Waals surface area (Å²) in [6, 6.07) is 7.81. The maximum Gasteiger partial charge on any atom is 0.219 e. The third-order valence-corrected chi connectivity index (χ3v) is 6.23. The number of nitrogens with one attached hydrogen (secondary N) is 1. The van der Waals surface area contributed by atoms with Crippen LogP contribution in [0, 0.1) is 0 Å².